The zero-order chi connectivity index (χ0) is 12.3. The molecule has 0 radical (unpaired) electrons. The normalized spacial score (nSPS) is 16.4. The maximum absolute atomic E-state index is 13.5. The maximum Gasteiger partial charge on any atom is 0.175 e. The molecule has 92 valence electrons. The summed E-state index contributed by atoms with van der Waals surface area (Å²) in [5, 5.41) is 0.604. The zero-order valence-corrected chi connectivity index (χ0v) is 10.9. The molecule has 3 heteroatoms. The number of thioether (sulfide) groups is 1. The van der Waals surface area contributed by atoms with Crippen molar-refractivity contribution >= 4 is 17.5 Å². The molecule has 1 saturated carbocycles. The fourth-order valence-electron chi connectivity index (χ4n) is 2.18. The Kier molecular flexibility index (Phi) is 4.21. The Bertz CT molecular complexity index is 411. The van der Waals surface area contributed by atoms with E-state index in [1.165, 1.54) is 31.7 Å². The predicted octanol–water partition coefficient (Wildman–Crippen LogP) is 3.99. The zero-order valence-electron chi connectivity index (χ0n) is 10.0. The molecule has 0 aromatic heterocycles. The average Bonchev–Trinajstić information content (AvgIpc) is 2.82. The Morgan fingerprint density at radius 2 is 2.12 bits per heavy atom. The van der Waals surface area contributed by atoms with E-state index < -0.39 is 5.82 Å². The topological polar surface area (TPSA) is 17.1 Å². The van der Waals surface area contributed by atoms with Crippen molar-refractivity contribution in [1.82, 2.24) is 0 Å². The van der Waals surface area contributed by atoms with Crippen LogP contribution < -0.4 is 0 Å². The maximum atomic E-state index is 13.5. The molecule has 0 amide bonds. The number of hydrogen-bond donors (Lipinski definition) is 0. The lowest BCUT2D eigenvalue weighted by molar-refractivity contribution is 0.101. The van der Waals surface area contributed by atoms with Crippen LogP contribution in [0.25, 0.3) is 0 Å². The molecule has 0 N–H and O–H groups in total. The molecule has 1 nitrogen and oxygen atoms in total. The highest BCUT2D eigenvalue weighted by molar-refractivity contribution is 8.00. The molecule has 17 heavy (non-hydrogen) atoms. The number of Topliss-reactive ketones (excluding diaryl/α,β-unsaturated/α-hetero) is 1. The first-order valence-electron chi connectivity index (χ1n) is 6.08. The van der Waals surface area contributed by atoms with Gasteiger partial charge in [0.1, 0.15) is 5.82 Å². The molecule has 0 atom stereocenters. The largest absolute Gasteiger partial charge is 0.293 e. The summed E-state index contributed by atoms with van der Waals surface area (Å²) in [6.07, 6.45) is 4.94. The van der Waals surface area contributed by atoms with Gasteiger partial charge in [-0.15, -0.1) is 0 Å². The second-order valence-electron chi connectivity index (χ2n) is 4.62. The van der Waals surface area contributed by atoms with Crippen molar-refractivity contribution in [2.75, 3.05) is 5.75 Å². The van der Waals surface area contributed by atoms with E-state index >= 15 is 0 Å². The van der Waals surface area contributed by atoms with Crippen molar-refractivity contribution < 1.29 is 9.18 Å². The van der Waals surface area contributed by atoms with Gasteiger partial charge in [-0.3, -0.25) is 4.79 Å². The molecule has 0 heterocycles. The van der Waals surface area contributed by atoms with Crippen molar-refractivity contribution in [3.63, 3.8) is 0 Å². The van der Waals surface area contributed by atoms with Gasteiger partial charge in [-0.25, -0.2) is 4.39 Å². The minimum absolute atomic E-state index is 0.0805. The highest BCUT2D eigenvalue weighted by Crippen LogP contribution is 2.29. The smallest absolute Gasteiger partial charge is 0.175 e. The molecule has 2 rings (SSSR count). The van der Waals surface area contributed by atoms with E-state index in [0.717, 1.165) is 5.56 Å². The molecule has 1 aromatic rings. The molecule has 1 fully saturated rings. The van der Waals surface area contributed by atoms with E-state index in [1.54, 1.807) is 23.9 Å². The van der Waals surface area contributed by atoms with Crippen molar-refractivity contribution in [2.45, 2.75) is 37.9 Å². The standard InChI is InChI=1S/C14H17FOS/c1-10-6-7-13(15)12(8-10)14(16)9-17-11-4-2-3-5-11/h6-8,11H,2-5,9H2,1H3. The first-order chi connectivity index (χ1) is 8.16. The van der Waals surface area contributed by atoms with Crippen LogP contribution in [0.3, 0.4) is 0 Å². The molecular formula is C14H17FOS. The Morgan fingerprint density at radius 1 is 1.41 bits per heavy atom. The summed E-state index contributed by atoms with van der Waals surface area (Å²) in [7, 11) is 0. The van der Waals surface area contributed by atoms with Crippen LogP contribution in [-0.2, 0) is 0 Å². The minimum atomic E-state index is -0.396. The van der Waals surface area contributed by atoms with Gasteiger partial charge in [-0.2, -0.15) is 11.8 Å². The van der Waals surface area contributed by atoms with Gasteiger partial charge < -0.3 is 0 Å². The van der Waals surface area contributed by atoms with Gasteiger partial charge in [0.2, 0.25) is 0 Å². The number of halogens is 1. The summed E-state index contributed by atoms with van der Waals surface area (Å²) in [6.45, 7) is 1.88. The van der Waals surface area contributed by atoms with E-state index in [9.17, 15) is 9.18 Å². The lowest BCUT2D eigenvalue weighted by Gasteiger charge is -2.08. The Balaban J connectivity index is 1.96. The Hall–Kier alpha value is -0.830. The van der Waals surface area contributed by atoms with Gasteiger partial charge in [-0.05, 0) is 31.9 Å². The third-order valence-electron chi connectivity index (χ3n) is 3.17. The van der Waals surface area contributed by atoms with Gasteiger partial charge in [0.25, 0.3) is 0 Å². The average molecular weight is 252 g/mol. The Labute approximate surface area is 106 Å². The van der Waals surface area contributed by atoms with Crippen molar-refractivity contribution in [3.05, 3.63) is 35.1 Å². The van der Waals surface area contributed by atoms with Gasteiger partial charge in [-0.1, -0.05) is 24.5 Å². The monoisotopic (exact) mass is 252 g/mol. The van der Waals surface area contributed by atoms with Crippen molar-refractivity contribution in [1.29, 1.82) is 0 Å². The third kappa shape index (κ3) is 3.32. The van der Waals surface area contributed by atoms with E-state index in [0.29, 0.717) is 11.0 Å². The number of aryl methyl sites for hydroxylation is 1. The first kappa shape index (κ1) is 12.6. The highest BCUT2D eigenvalue weighted by atomic mass is 32.2. The Morgan fingerprint density at radius 3 is 2.82 bits per heavy atom. The molecule has 1 aliphatic rings. The fourth-order valence-corrected chi connectivity index (χ4v) is 3.39. The molecule has 0 bridgehead atoms. The van der Waals surface area contributed by atoms with Crippen LogP contribution in [-0.4, -0.2) is 16.8 Å². The molecule has 0 saturated heterocycles. The van der Waals surface area contributed by atoms with Crippen LogP contribution in [0.1, 0.15) is 41.6 Å². The van der Waals surface area contributed by atoms with E-state index in [1.807, 2.05) is 6.92 Å². The summed E-state index contributed by atoms with van der Waals surface area (Å²) >= 11 is 1.69. The second kappa shape index (κ2) is 5.67. The van der Waals surface area contributed by atoms with Crippen molar-refractivity contribution in [2.24, 2.45) is 0 Å². The predicted molar refractivity (Wildman–Crippen MR) is 70.2 cm³/mol. The van der Waals surface area contributed by atoms with Crippen LogP contribution in [0.4, 0.5) is 4.39 Å². The van der Waals surface area contributed by atoms with Crippen LogP contribution in [0.2, 0.25) is 0 Å². The number of ketones is 1. The quantitative estimate of drug-likeness (QED) is 0.754. The van der Waals surface area contributed by atoms with Crippen molar-refractivity contribution in [3.8, 4) is 0 Å². The number of carbonyl (C=O) groups is 1. The number of hydrogen-bond acceptors (Lipinski definition) is 2. The summed E-state index contributed by atoms with van der Waals surface area (Å²) < 4.78 is 13.5. The van der Waals surface area contributed by atoms with Gasteiger partial charge >= 0.3 is 0 Å². The summed E-state index contributed by atoms with van der Waals surface area (Å²) in [5.74, 6) is -0.0684. The van der Waals surface area contributed by atoms with Crippen LogP contribution in [0.15, 0.2) is 18.2 Å². The molecule has 1 aromatic carbocycles. The minimum Gasteiger partial charge on any atom is -0.293 e. The highest BCUT2D eigenvalue weighted by Gasteiger charge is 2.18. The SMILES string of the molecule is Cc1ccc(F)c(C(=O)CSC2CCCC2)c1. The van der Waals surface area contributed by atoms with Crippen LogP contribution >= 0.6 is 11.8 Å². The third-order valence-corrected chi connectivity index (χ3v) is 4.55. The number of carbonyl (C=O) groups excluding carboxylic acids is 1. The van der Waals surface area contributed by atoms with Gasteiger partial charge in [0.05, 0.1) is 11.3 Å². The molecular weight excluding hydrogens is 235 g/mol. The van der Waals surface area contributed by atoms with E-state index in [2.05, 4.69) is 0 Å². The lowest BCUT2D eigenvalue weighted by atomic mass is 10.1. The van der Waals surface area contributed by atoms with Gasteiger partial charge in [0.15, 0.2) is 5.78 Å². The number of benzene rings is 1. The molecule has 0 unspecified atom stereocenters. The van der Waals surface area contributed by atoms with E-state index in [-0.39, 0.29) is 11.3 Å². The molecule has 1 aliphatic carbocycles. The fraction of sp³-hybridized carbons (Fsp3) is 0.500. The summed E-state index contributed by atoms with van der Waals surface area (Å²) in [6, 6.07) is 4.71. The number of rotatable bonds is 4. The summed E-state index contributed by atoms with van der Waals surface area (Å²) in [5.41, 5.74) is 1.18. The van der Waals surface area contributed by atoms with Crippen LogP contribution in [0, 0.1) is 12.7 Å². The first-order valence-corrected chi connectivity index (χ1v) is 7.12. The second-order valence-corrected chi connectivity index (χ2v) is 5.91. The van der Waals surface area contributed by atoms with Gasteiger partial charge in [0, 0.05) is 5.25 Å². The lowest BCUT2D eigenvalue weighted by Crippen LogP contribution is -2.08. The molecule has 0 aliphatic heterocycles. The molecule has 0 spiro atoms. The van der Waals surface area contributed by atoms with E-state index in [4.69, 9.17) is 0 Å². The van der Waals surface area contributed by atoms with Crippen LogP contribution in [0.5, 0.6) is 0 Å². The summed E-state index contributed by atoms with van der Waals surface area (Å²) in [4.78, 5) is 11.9.